The fraction of sp³-hybridized carbons (Fsp3) is 0.611. The van der Waals surface area contributed by atoms with Crippen LogP contribution in [0.25, 0.3) is 0 Å². The van der Waals surface area contributed by atoms with Crippen molar-refractivity contribution in [2.45, 2.75) is 31.8 Å². The molecule has 0 aromatic heterocycles. The van der Waals surface area contributed by atoms with Gasteiger partial charge in [-0.05, 0) is 43.8 Å². The first-order chi connectivity index (χ1) is 10.8. The van der Waals surface area contributed by atoms with Gasteiger partial charge in [0.15, 0.2) is 0 Å². The van der Waals surface area contributed by atoms with Crippen molar-refractivity contribution in [3.8, 4) is 0 Å². The van der Waals surface area contributed by atoms with Crippen LogP contribution >= 0.6 is 12.4 Å². The van der Waals surface area contributed by atoms with Gasteiger partial charge in [-0.25, -0.2) is 0 Å². The number of piperidine rings is 1. The number of benzene rings is 1. The van der Waals surface area contributed by atoms with Crippen molar-refractivity contribution >= 4 is 18.3 Å². The van der Waals surface area contributed by atoms with Gasteiger partial charge < -0.3 is 15.0 Å². The molecule has 0 bridgehead atoms. The van der Waals surface area contributed by atoms with Crippen LogP contribution in [0.4, 0.5) is 0 Å². The van der Waals surface area contributed by atoms with Crippen LogP contribution in [0.3, 0.4) is 0 Å². The Morgan fingerprint density at radius 3 is 2.70 bits per heavy atom. The van der Waals surface area contributed by atoms with Gasteiger partial charge in [0.05, 0.1) is 13.2 Å². The summed E-state index contributed by atoms with van der Waals surface area (Å²) >= 11 is 0. The van der Waals surface area contributed by atoms with Gasteiger partial charge in [-0.3, -0.25) is 4.79 Å². The number of morpholine rings is 1. The Morgan fingerprint density at radius 1 is 1.22 bits per heavy atom. The van der Waals surface area contributed by atoms with E-state index in [1.165, 1.54) is 18.4 Å². The van der Waals surface area contributed by atoms with Crippen LogP contribution in [-0.4, -0.2) is 43.6 Å². The first kappa shape index (κ1) is 18.2. The molecule has 1 atom stereocenters. The molecule has 2 aliphatic heterocycles. The fourth-order valence-corrected chi connectivity index (χ4v) is 3.40. The van der Waals surface area contributed by atoms with E-state index in [1.54, 1.807) is 0 Å². The third-order valence-corrected chi connectivity index (χ3v) is 4.82. The lowest BCUT2D eigenvalue weighted by Crippen LogP contribution is -2.42. The third kappa shape index (κ3) is 5.20. The molecule has 1 aromatic carbocycles. The highest BCUT2D eigenvalue weighted by Crippen LogP contribution is 2.24. The Hall–Kier alpha value is -1.10. The van der Waals surface area contributed by atoms with E-state index in [4.69, 9.17) is 4.74 Å². The number of nitrogens with one attached hydrogen (secondary N) is 1. The molecule has 1 amide bonds. The molecule has 1 unspecified atom stereocenters. The van der Waals surface area contributed by atoms with Crippen molar-refractivity contribution in [3.63, 3.8) is 0 Å². The molecule has 0 saturated carbocycles. The zero-order valence-electron chi connectivity index (χ0n) is 13.6. The number of ether oxygens (including phenoxy) is 1. The van der Waals surface area contributed by atoms with Crippen LogP contribution < -0.4 is 5.32 Å². The Bertz CT molecular complexity index is 477. The predicted molar refractivity (Wildman–Crippen MR) is 93.8 cm³/mol. The lowest BCUT2D eigenvalue weighted by Gasteiger charge is -2.33. The number of rotatable bonds is 4. The van der Waals surface area contributed by atoms with Gasteiger partial charge in [0.1, 0.15) is 6.10 Å². The number of hydrogen-bond donors (Lipinski definition) is 1. The summed E-state index contributed by atoms with van der Waals surface area (Å²) in [5.74, 6) is 1.01. The van der Waals surface area contributed by atoms with E-state index in [2.05, 4.69) is 17.4 Å². The monoisotopic (exact) mass is 338 g/mol. The second-order valence-electron chi connectivity index (χ2n) is 6.34. The quantitative estimate of drug-likeness (QED) is 0.917. The van der Waals surface area contributed by atoms with Crippen LogP contribution in [0.15, 0.2) is 30.3 Å². The van der Waals surface area contributed by atoms with Gasteiger partial charge in [-0.2, -0.15) is 0 Å². The number of amides is 1. The van der Waals surface area contributed by atoms with Gasteiger partial charge in [-0.1, -0.05) is 30.3 Å². The van der Waals surface area contributed by atoms with Crippen molar-refractivity contribution in [1.82, 2.24) is 10.2 Å². The Labute approximate surface area is 145 Å². The summed E-state index contributed by atoms with van der Waals surface area (Å²) in [5, 5.41) is 3.38. The number of halogens is 1. The zero-order valence-corrected chi connectivity index (χ0v) is 14.4. The second-order valence-corrected chi connectivity index (χ2v) is 6.34. The maximum absolute atomic E-state index is 12.5. The van der Waals surface area contributed by atoms with Crippen LogP contribution in [0, 0.1) is 5.92 Å². The van der Waals surface area contributed by atoms with E-state index in [9.17, 15) is 4.79 Å². The molecule has 0 aliphatic carbocycles. The first-order valence-corrected chi connectivity index (χ1v) is 8.48. The van der Waals surface area contributed by atoms with Gasteiger partial charge >= 0.3 is 0 Å². The van der Waals surface area contributed by atoms with Crippen molar-refractivity contribution < 1.29 is 9.53 Å². The highest BCUT2D eigenvalue weighted by Gasteiger charge is 2.25. The molecule has 2 saturated heterocycles. The smallest absolute Gasteiger partial charge is 0.222 e. The van der Waals surface area contributed by atoms with E-state index in [1.807, 2.05) is 23.1 Å². The van der Waals surface area contributed by atoms with Gasteiger partial charge in [0, 0.05) is 13.0 Å². The number of nitrogens with zero attached hydrogens (tertiary/aromatic N) is 1. The summed E-state index contributed by atoms with van der Waals surface area (Å²) in [5.41, 5.74) is 1.17. The molecule has 1 N–H and O–H groups in total. The Morgan fingerprint density at radius 2 is 1.96 bits per heavy atom. The molecule has 2 fully saturated rings. The molecular formula is C18H27ClN2O2. The van der Waals surface area contributed by atoms with E-state index in [-0.39, 0.29) is 18.5 Å². The minimum Gasteiger partial charge on any atom is -0.370 e. The number of carbonyl (C=O) groups excluding carboxylic acids is 1. The van der Waals surface area contributed by atoms with Gasteiger partial charge in [-0.15, -0.1) is 12.4 Å². The molecule has 1 aromatic rings. The van der Waals surface area contributed by atoms with E-state index in [0.717, 1.165) is 32.0 Å². The first-order valence-electron chi connectivity index (χ1n) is 8.48. The molecule has 2 aliphatic rings. The number of hydrogen-bond acceptors (Lipinski definition) is 3. The van der Waals surface area contributed by atoms with Crippen LogP contribution in [-0.2, 0) is 9.53 Å². The number of carbonyl (C=O) groups is 1. The molecule has 5 heteroatoms. The molecule has 128 valence electrons. The maximum Gasteiger partial charge on any atom is 0.222 e. The second kappa shape index (κ2) is 9.26. The Balaban J connectivity index is 0.00000192. The third-order valence-electron chi connectivity index (χ3n) is 4.82. The van der Waals surface area contributed by atoms with E-state index >= 15 is 0 Å². The average molecular weight is 339 g/mol. The molecule has 3 rings (SSSR count). The minimum atomic E-state index is 0. The van der Waals surface area contributed by atoms with Gasteiger partial charge in [0.2, 0.25) is 5.91 Å². The topological polar surface area (TPSA) is 41.6 Å². The highest BCUT2D eigenvalue weighted by atomic mass is 35.5. The summed E-state index contributed by atoms with van der Waals surface area (Å²) in [4.78, 5) is 14.5. The fourth-order valence-electron chi connectivity index (χ4n) is 3.40. The van der Waals surface area contributed by atoms with Crippen LogP contribution in [0.5, 0.6) is 0 Å². The lowest BCUT2D eigenvalue weighted by atomic mass is 9.93. The summed E-state index contributed by atoms with van der Waals surface area (Å²) in [6.45, 7) is 4.26. The summed E-state index contributed by atoms with van der Waals surface area (Å²) in [6.07, 6.45) is 4.17. The predicted octanol–water partition coefficient (Wildman–Crippen LogP) is 2.79. The normalized spacial score (nSPS) is 22.4. The van der Waals surface area contributed by atoms with Crippen molar-refractivity contribution in [3.05, 3.63) is 35.9 Å². The molecule has 2 heterocycles. The van der Waals surface area contributed by atoms with Crippen LogP contribution in [0.2, 0.25) is 0 Å². The molecular weight excluding hydrogens is 312 g/mol. The van der Waals surface area contributed by atoms with Crippen molar-refractivity contribution in [1.29, 1.82) is 0 Å². The molecule has 4 nitrogen and oxygen atoms in total. The largest absolute Gasteiger partial charge is 0.370 e. The molecule has 23 heavy (non-hydrogen) atoms. The summed E-state index contributed by atoms with van der Waals surface area (Å²) in [6, 6.07) is 10.2. The molecule has 0 radical (unpaired) electrons. The van der Waals surface area contributed by atoms with E-state index < -0.39 is 0 Å². The Kier molecular flexibility index (Phi) is 7.34. The van der Waals surface area contributed by atoms with Gasteiger partial charge in [0.25, 0.3) is 0 Å². The maximum atomic E-state index is 12.5. The van der Waals surface area contributed by atoms with Crippen molar-refractivity contribution in [2.75, 3.05) is 32.8 Å². The van der Waals surface area contributed by atoms with Crippen LogP contribution in [0.1, 0.15) is 37.4 Å². The lowest BCUT2D eigenvalue weighted by molar-refractivity contribution is -0.139. The summed E-state index contributed by atoms with van der Waals surface area (Å²) in [7, 11) is 0. The SMILES string of the molecule is Cl.O=C(CCC1CCNCC1)N1CCOC(c2ccccc2)C1. The highest BCUT2D eigenvalue weighted by molar-refractivity contribution is 5.85. The molecule has 0 spiro atoms. The summed E-state index contributed by atoms with van der Waals surface area (Å²) < 4.78 is 5.84. The van der Waals surface area contributed by atoms with Crippen molar-refractivity contribution in [2.24, 2.45) is 5.92 Å². The average Bonchev–Trinajstić information content (AvgIpc) is 2.61. The standard InChI is InChI=1S/C18H26N2O2.ClH/c21-18(7-6-15-8-10-19-11-9-15)20-12-13-22-17(14-20)16-4-2-1-3-5-16;/h1-5,15,17,19H,6-14H2;1H. The minimum absolute atomic E-state index is 0. The van der Waals surface area contributed by atoms with E-state index in [0.29, 0.717) is 25.5 Å². The zero-order chi connectivity index (χ0) is 15.2.